The molecule has 0 spiro atoms. The number of nitrogens with one attached hydrogen (secondary N) is 1. The van der Waals surface area contributed by atoms with Crippen molar-refractivity contribution in [2.75, 3.05) is 13.6 Å². The lowest BCUT2D eigenvalue weighted by Crippen LogP contribution is -2.37. The van der Waals surface area contributed by atoms with Crippen LogP contribution in [0.15, 0.2) is 42.5 Å². The highest BCUT2D eigenvalue weighted by atomic mass is 35.5. The molecule has 0 aromatic heterocycles. The van der Waals surface area contributed by atoms with E-state index >= 15 is 0 Å². The molecule has 0 heterocycles. The molecule has 0 fully saturated rings. The van der Waals surface area contributed by atoms with E-state index in [9.17, 15) is 13.6 Å². The third-order valence-electron chi connectivity index (χ3n) is 4.23. The highest BCUT2D eigenvalue weighted by Crippen LogP contribution is 2.21. The Kier molecular flexibility index (Phi) is 6.51. The van der Waals surface area contributed by atoms with Gasteiger partial charge < -0.3 is 5.32 Å². The predicted molar refractivity (Wildman–Crippen MR) is 95.4 cm³/mol. The van der Waals surface area contributed by atoms with Crippen LogP contribution in [0.2, 0.25) is 5.02 Å². The molecule has 134 valence electrons. The number of rotatable bonds is 6. The zero-order valence-electron chi connectivity index (χ0n) is 14.4. The molecule has 0 radical (unpaired) electrons. The molecule has 0 saturated heterocycles. The van der Waals surface area contributed by atoms with Crippen molar-refractivity contribution < 1.29 is 13.6 Å². The van der Waals surface area contributed by atoms with Crippen LogP contribution in [0.4, 0.5) is 8.78 Å². The lowest BCUT2D eigenvalue weighted by molar-refractivity contribution is -0.123. The van der Waals surface area contributed by atoms with E-state index in [1.54, 1.807) is 24.1 Å². The molecule has 0 aliphatic carbocycles. The minimum atomic E-state index is -0.890. The fourth-order valence-electron chi connectivity index (χ4n) is 2.51. The van der Waals surface area contributed by atoms with Gasteiger partial charge in [0.1, 0.15) is 0 Å². The van der Waals surface area contributed by atoms with Gasteiger partial charge in [-0.3, -0.25) is 9.69 Å². The van der Waals surface area contributed by atoms with Gasteiger partial charge in [-0.25, -0.2) is 8.78 Å². The molecule has 0 saturated carbocycles. The first-order valence-corrected chi connectivity index (χ1v) is 8.35. The van der Waals surface area contributed by atoms with E-state index in [0.29, 0.717) is 10.6 Å². The molecule has 2 rings (SSSR count). The SMILES string of the molecule is CC(NC(=O)CN(C)C(C)c1ccc(F)c(F)c1)c1ccc(Cl)cc1. The van der Waals surface area contributed by atoms with E-state index in [2.05, 4.69) is 5.32 Å². The predicted octanol–water partition coefficient (Wildman–Crippen LogP) is 4.49. The van der Waals surface area contributed by atoms with Crippen molar-refractivity contribution in [3.8, 4) is 0 Å². The Morgan fingerprint density at radius 2 is 1.68 bits per heavy atom. The van der Waals surface area contributed by atoms with E-state index in [4.69, 9.17) is 11.6 Å². The second kappa shape index (κ2) is 8.41. The van der Waals surface area contributed by atoms with E-state index in [1.165, 1.54) is 6.07 Å². The van der Waals surface area contributed by atoms with Crippen LogP contribution in [-0.4, -0.2) is 24.4 Å². The zero-order valence-corrected chi connectivity index (χ0v) is 15.1. The van der Waals surface area contributed by atoms with Gasteiger partial charge in [-0.2, -0.15) is 0 Å². The van der Waals surface area contributed by atoms with Crippen LogP contribution in [0.1, 0.15) is 37.1 Å². The van der Waals surface area contributed by atoms with Crippen LogP contribution in [0.5, 0.6) is 0 Å². The van der Waals surface area contributed by atoms with Gasteiger partial charge in [-0.05, 0) is 56.3 Å². The molecular formula is C19H21ClF2N2O. The molecule has 25 heavy (non-hydrogen) atoms. The second-order valence-electron chi connectivity index (χ2n) is 6.11. The van der Waals surface area contributed by atoms with Crippen LogP contribution in [0.3, 0.4) is 0 Å². The highest BCUT2D eigenvalue weighted by Gasteiger charge is 2.18. The molecule has 2 atom stereocenters. The standard InChI is InChI=1S/C19H21ClF2N2O/c1-12(14-4-7-16(20)8-5-14)23-19(25)11-24(3)13(2)15-6-9-17(21)18(22)10-15/h4-10,12-13H,11H2,1-3H3,(H,23,25). The summed E-state index contributed by atoms with van der Waals surface area (Å²) in [5, 5.41) is 3.56. The average molecular weight is 367 g/mol. The van der Waals surface area contributed by atoms with Crippen molar-refractivity contribution in [2.24, 2.45) is 0 Å². The second-order valence-corrected chi connectivity index (χ2v) is 6.54. The number of benzene rings is 2. The lowest BCUT2D eigenvalue weighted by Gasteiger charge is -2.25. The monoisotopic (exact) mass is 366 g/mol. The Balaban J connectivity index is 1.94. The molecule has 1 N–H and O–H groups in total. The molecule has 2 aromatic carbocycles. The summed E-state index contributed by atoms with van der Waals surface area (Å²) in [4.78, 5) is 14.0. The van der Waals surface area contributed by atoms with E-state index < -0.39 is 11.6 Å². The van der Waals surface area contributed by atoms with Crippen LogP contribution >= 0.6 is 11.6 Å². The summed E-state index contributed by atoms with van der Waals surface area (Å²) in [5.41, 5.74) is 1.56. The number of carbonyl (C=O) groups is 1. The summed E-state index contributed by atoms with van der Waals surface area (Å²) in [7, 11) is 1.76. The number of nitrogens with zero attached hydrogens (tertiary/aromatic N) is 1. The first-order chi connectivity index (χ1) is 11.8. The van der Waals surface area contributed by atoms with Gasteiger partial charge in [0.15, 0.2) is 11.6 Å². The Bertz CT molecular complexity index is 737. The largest absolute Gasteiger partial charge is 0.348 e. The topological polar surface area (TPSA) is 32.3 Å². The first kappa shape index (κ1) is 19.3. The Morgan fingerprint density at radius 3 is 2.28 bits per heavy atom. The number of hydrogen-bond donors (Lipinski definition) is 1. The molecule has 1 amide bonds. The number of carbonyl (C=O) groups excluding carboxylic acids is 1. The maximum absolute atomic E-state index is 13.4. The van der Waals surface area contributed by atoms with Crippen molar-refractivity contribution in [1.29, 1.82) is 0 Å². The minimum Gasteiger partial charge on any atom is -0.348 e. The number of likely N-dealkylation sites (N-methyl/N-ethyl adjacent to an activating group) is 1. The molecular weight excluding hydrogens is 346 g/mol. The molecule has 6 heteroatoms. The zero-order chi connectivity index (χ0) is 18.6. The van der Waals surface area contributed by atoms with Gasteiger partial charge in [0, 0.05) is 11.1 Å². The van der Waals surface area contributed by atoms with Gasteiger partial charge in [0.05, 0.1) is 12.6 Å². The summed E-state index contributed by atoms with van der Waals surface area (Å²) in [6.07, 6.45) is 0. The number of amides is 1. The first-order valence-electron chi connectivity index (χ1n) is 7.98. The van der Waals surface area contributed by atoms with Crippen molar-refractivity contribution in [1.82, 2.24) is 10.2 Å². The Labute approximate surface area is 151 Å². The summed E-state index contributed by atoms with van der Waals surface area (Å²) in [5.74, 6) is -1.92. The van der Waals surface area contributed by atoms with E-state index in [0.717, 1.165) is 17.7 Å². The summed E-state index contributed by atoms with van der Waals surface area (Å²) < 4.78 is 26.4. The molecule has 0 aliphatic rings. The number of halogens is 3. The average Bonchev–Trinajstić information content (AvgIpc) is 2.57. The van der Waals surface area contributed by atoms with Gasteiger partial charge in [0.2, 0.25) is 5.91 Å². The normalized spacial score (nSPS) is 13.6. The van der Waals surface area contributed by atoms with Crippen molar-refractivity contribution in [3.05, 3.63) is 70.2 Å². The summed E-state index contributed by atoms with van der Waals surface area (Å²) >= 11 is 5.86. The summed E-state index contributed by atoms with van der Waals surface area (Å²) in [6, 6.07) is 10.7. The van der Waals surface area contributed by atoms with E-state index in [1.807, 2.05) is 26.0 Å². The molecule has 0 bridgehead atoms. The number of hydrogen-bond acceptors (Lipinski definition) is 2. The minimum absolute atomic E-state index is 0.137. The van der Waals surface area contributed by atoms with Crippen LogP contribution in [-0.2, 0) is 4.79 Å². The van der Waals surface area contributed by atoms with Crippen molar-refractivity contribution in [3.63, 3.8) is 0 Å². The van der Waals surface area contributed by atoms with Crippen molar-refractivity contribution in [2.45, 2.75) is 25.9 Å². The fraction of sp³-hybridized carbons (Fsp3) is 0.316. The van der Waals surface area contributed by atoms with Crippen LogP contribution < -0.4 is 5.32 Å². The van der Waals surface area contributed by atoms with Gasteiger partial charge in [-0.15, -0.1) is 0 Å². The van der Waals surface area contributed by atoms with E-state index in [-0.39, 0.29) is 24.5 Å². The van der Waals surface area contributed by atoms with Gasteiger partial charge in [0.25, 0.3) is 0 Å². The Hall–Kier alpha value is -1.98. The molecule has 0 aliphatic heterocycles. The van der Waals surface area contributed by atoms with Crippen molar-refractivity contribution >= 4 is 17.5 Å². The maximum Gasteiger partial charge on any atom is 0.234 e. The van der Waals surface area contributed by atoms with Gasteiger partial charge in [-0.1, -0.05) is 29.8 Å². The lowest BCUT2D eigenvalue weighted by atomic mass is 10.1. The third kappa shape index (κ3) is 5.25. The van der Waals surface area contributed by atoms with Gasteiger partial charge >= 0.3 is 0 Å². The summed E-state index contributed by atoms with van der Waals surface area (Å²) in [6.45, 7) is 3.86. The Morgan fingerprint density at radius 1 is 1.08 bits per heavy atom. The fourth-order valence-corrected chi connectivity index (χ4v) is 2.64. The maximum atomic E-state index is 13.4. The van der Waals surface area contributed by atoms with Crippen LogP contribution in [0.25, 0.3) is 0 Å². The molecule has 2 aromatic rings. The molecule has 2 unspecified atom stereocenters. The quantitative estimate of drug-likeness (QED) is 0.817. The highest BCUT2D eigenvalue weighted by molar-refractivity contribution is 6.30. The van der Waals surface area contributed by atoms with Crippen LogP contribution in [0, 0.1) is 11.6 Å². The third-order valence-corrected chi connectivity index (χ3v) is 4.48. The molecule has 3 nitrogen and oxygen atoms in total. The smallest absolute Gasteiger partial charge is 0.234 e.